The molecule has 0 fully saturated rings. The highest BCUT2D eigenvalue weighted by Gasteiger charge is 2.22. The fourth-order valence-corrected chi connectivity index (χ4v) is 4.07. The number of hydrazine groups is 1. The van der Waals surface area contributed by atoms with E-state index in [1.165, 1.54) is 0 Å². The zero-order chi connectivity index (χ0) is 25.0. The Kier molecular flexibility index (Phi) is 9.65. The van der Waals surface area contributed by atoms with Gasteiger partial charge in [-0.25, -0.2) is 5.01 Å². The Morgan fingerprint density at radius 3 is 1.72 bits per heavy atom. The number of benzene rings is 4. The van der Waals surface area contributed by atoms with Crippen molar-refractivity contribution in [3.05, 3.63) is 138 Å². The van der Waals surface area contributed by atoms with Gasteiger partial charge in [-0.05, 0) is 40.8 Å². The van der Waals surface area contributed by atoms with Crippen LogP contribution in [0, 0.1) is 0 Å². The minimum Gasteiger partial charge on any atom is -0.489 e. The molecule has 0 aromatic heterocycles. The molecule has 0 amide bonds. The van der Waals surface area contributed by atoms with E-state index in [2.05, 4.69) is 48.5 Å². The van der Waals surface area contributed by atoms with Crippen LogP contribution in [-0.4, -0.2) is 23.7 Å². The minimum atomic E-state index is -0.229. The third-order valence-corrected chi connectivity index (χ3v) is 6.07. The molecule has 186 valence electrons. The fourth-order valence-electron chi connectivity index (χ4n) is 4.07. The first-order valence-electron chi connectivity index (χ1n) is 12.4. The highest BCUT2D eigenvalue weighted by atomic mass is 16.5. The van der Waals surface area contributed by atoms with E-state index in [1.807, 2.05) is 66.7 Å². The second-order valence-corrected chi connectivity index (χ2v) is 9.04. The molecule has 0 bridgehead atoms. The highest BCUT2D eigenvalue weighted by Crippen LogP contribution is 2.17. The van der Waals surface area contributed by atoms with Gasteiger partial charge in [0, 0.05) is 19.1 Å². The molecule has 0 saturated heterocycles. The van der Waals surface area contributed by atoms with Gasteiger partial charge in [0.1, 0.15) is 12.4 Å². The van der Waals surface area contributed by atoms with Gasteiger partial charge < -0.3 is 15.2 Å². The monoisotopic (exact) mass is 481 g/mol. The van der Waals surface area contributed by atoms with Crippen LogP contribution in [0.15, 0.2) is 115 Å². The summed E-state index contributed by atoms with van der Waals surface area (Å²) in [5.41, 5.74) is 11.2. The zero-order valence-corrected chi connectivity index (χ0v) is 20.6. The van der Waals surface area contributed by atoms with Crippen LogP contribution in [0.2, 0.25) is 0 Å². The molecule has 4 aromatic rings. The Bertz CT molecular complexity index is 1140. The average Bonchev–Trinajstić information content (AvgIpc) is 2.92. The van der Waals surface area contributed by atoms with Crippen molar-refractivity contribution >= 4 is 0 Å². The first kappa shape index (κ1) is 25.6. The second kappa shape index (κ2) is 13.6. The Balaban J connectivity index is 1.35. The minimum absolute atomic E-state index is 0.216. The molecule has 2 atom stereocenters. The molecule has 0 aliphatic heterocycles. The van der Waals surface area contributed by atoms with Crippen LogP contribution >= 0.6 is 0 Å². The van der Waals surface area contributed by atoms with Crippen LogP contribution < -0.4 is 16.3 Å². The van der Waals surface area contributed by atoms with Gasteiger partial charge in [-0.2, -0.15) is 0 Å². The van der Waals surface area contributed by atoms with Gasteiger partial charge in [0.05, 0.1) is 12.7 Å². The Morgan fingerprint density at radius 2 is 1.14 bits per heavy atom. The van der Waals surface area contributed by atoms with Crippen LogP contribution in [0.1, 0.15) is 22.3 Å². The summed E-state index contributed by atoms with van der Waals surface area (Å²) in [5.74, 6) is 7.23. The highest BCUT2D eigenvalue weighted by molar-refractivity contribution is 5.28. The number of nitrogens with two attached hydrogens (primary N) is 2. The molecule has 4 aromatic carbocycles. The third-order valence-electron chi connectivity index (χ3n) is 6.07. The number of ether oxygens (including phenoxy) is 2. The topological polar surface area (TPSA) is 73.7 Å². The molecule has 0 radical (unpaired) electrons. The van der Waals surface area contributed by atoms with Gasteiger partial charge in [-0.15, -0.1) is 0 Å². The van der Waals surface area contributed by atoms with Crippen LogP contribution in [0.5, 0.6) is 5.75 Å². The van der Waals surface area contributed by atoms with E-state index in [1.54, 1.807) is 5.01 Å². The number of nitrogens with zero attached hydrogens (tertiary/aromatic N) is 1. The zero-order valence-electron chi connectivity index (χ0n) is 20.6. The molecule has 5 nitrogen and oxygen atoms in total. The van der Waals surface area contributed by atoms with Crippen molar-refractivity contribution in [2.24, 2.45) is 11.6 Å². The van der Waals surface area contributed by atoms with Crippen LogP contribution in [-0.2, 0) is 30.9 Å². The maximum Gasteiger partial charge on any atom is 0.119 e. The predicted molar refractivity (Wildman–Crippen MR) is 145 cm³/mol. The lowest BCUT2D eigenvalue weighted by molar-refractivity contribution is -0.00199. The normalized spacial score (nSPS) is 12.9. The lowest BCUT2D eigenvalue weighted by atomic mass is 10.0. The van der Waals surface area contributed by atoms with Gasteiger partial charge in [0.2, 0.25) is 0 Å². The first-order valence-corrected chi connectivity index (χ1v) is 12.4. The summed E-state index contributed by atoms with van der Waals surface area (Å²) < 4.78 is 12.2. The molecule has 0 aliphatic carbocycles. The first-order chi connectivity index (χ1) is 17.7. The van der Waals surface area contributed by atoms with Crippen LogP contribution in [0.25, 0.3) is 0 Å². The van der Waals surface area contributed by atoms with E-state index >= 15 is 0 Å². The van der Waals surface area contributed by atoms with Crippen molar-refractivity contribution in [1.82, 2.24) is 5.01 Å². The second-order valence-electron chi connectivity index (χ2n) is 9.04. The third kappa shape index (κ3) is 8.33. The maximum atomic E-state index is 6.69. The summed E-state index contributed by atoms with van der Waals surface area (Å²) in [5, 5.41) is 1.78. The molecular weight excluding hydrogens is 446 g/mol. The molecular formula is C31H35N3O2. The predicted octanol–water partition coefficient (Wildman–Crippen LogP) is 5.10. The summed E-state index contributed by atoms with van der Waals surface area (Å²) >= 11 is 0. The maximum absolute atomic E-state index is 6.69. The molecule has 0 aliphatic rings. The number of rotatable bonds is 13. The van der Waals surface area contributed by atoms with Gasteiger partial charge >= 0.3 is 0 Å². The average molecular weight is 482 g/mol. The van der Waals surface area contributed by atoms with E-state index in [-0.39, 0.29) is 12.1 Å². The van der Waals surface area contributed by atoms with Gasteiger partial charge in [-0.3, -0.25) is 5.84 Å². The molecule has 0 spiro atoms. The number of hydrogen-bond donors (Lipinski definition) is 2. The van der Waals surface area contributed by atoms with E-state index in [4.69, 9.17) is 21.1 Å². The van der Waals surface area contributed by atoms with Gasteiger partial charge in [0.25, 0.3) is 0 Å². The van der Waals surface area contributed by atoms with Gasteiger partial charge in [-0.1, -0.05) is 103 Å². The van der Waals surface area contributed by atoms with Crippen molar-refractivity contribution in [3.63, 3.8) is 0 Å². The van der Waals surface area contributed by atoms with E-state index < -0.39 is 0 Å². The molecule has 0 saturated carbocycles. The van der Waals surface area contributed by atoms with Crippen molar-refractivity contribution in [3.8, 4) is 5.75 Å². The summed E-state index contributed by atoms with van der Waals surface area (Å²) in [6, 6.07) is 38.4. The van der Waals surface area contributed by atoms with Crippen molar-refractivity contribution in [2.45, 2.75) is 38.3 Å². The standard InChI is InChI=1S/C31H35N3O2/c32-30(20-25-16-18-29(19-17-25)35-23-27-12-6-2-7-13-27)31(36-24-28-14-8-3-9-15-28)22-34(33)21-26-10-4-1-5-11-26/h1-19,30-31H,20-24,32-33H2/t30-,31-/m1/s1. The summed E-state index contributed by atoms with van der Waals surface area (Å²) in [6.45, 7) is 2.20. The summed E-state index contributed by atoms with van der Waals surface area (Å²) in [7, 11) is 0. The molecule has 0 heterocycles. The molecule has 4 N–H and O–H groups in total. The van der Waals surface area contributed by atoms with Crippen molar-refractivity contribution in [2.75, 3.05) is 6.54 Å². The quantitative estimate of drug-likeness (QED) is 0.205. The molecule has 0 unspecified atom stereocenters. The lowest BCUT2D eigenvalue weighted by Gasteiger charge is -2.29. The van der Waals surface area contributed by atoms with E-state index in [0.717, 1.165) is 28.0 Å². The molecule has 4 rings (SSSR count). The Morgan fingerprint density at radius 1 is 0.611 bits per heavy atom. The van der Waals surface area contributed by atoms with Crippen molar-refractivity contribution < 1.29 is 9.47 Å². The largest absolute Gasteiger partial charge is 0.489 e. The van der Waals surface area contributed by atoms with E-state index in [9.17, 15) is 0 Å². The van der Waals surface area contributed by atoms with Crippen LogP contribution in [0.3, 0.4) is 0 Å². The summed E-state index contributed by atoms with van der Waals surface area (Å²) in [4.78, 5) is 0. The van der Waals surface area contributed by atoms with Crippen LogP contribution in [0.4, 0.5) is 0 Å². The smallest absolute Gasteiger partial charge is 0.119 e. The fraction of sp³-hybridized carbons (Fsp3) is 0.226. The van der Waals surface area contributed by atoms with Crippen molar-refractivity contribution in [1.29, 1.82) is 0 Å². The molecule has 36 heavy (non-hydrogen) atoms. The van der Waals surface area contributed by atoms with E-state index in [0.29, 0.717) is 32.7 Å². The summed E-state index contributed by atoms with van der Waals surface area (Å²) in [6.07, 6.45) is 0.449. The molecule has 5 heteroatoms. The SMILES string of the molecule is N[C@H](Cc1ccc(OCc2ccccc2)cc1)[C@@H](CN(N)Cc1ccccc1)OCc1ccccc1. The Labute approximate surface area is 214 Å². The number of hydrogen-bond acceptors (Lipinski definition) is 5. The van der Waals surface area contributed by atoms with Gasteiger partial charge in [0.15, 0.2) is 0 Å². The Hall–Kier alpha value is -3.48. The lowest BCUT2D eigenvalue weighted by Crippen LogP contribution is -2.48.